The van der Waals surface area contributed by atoms with Crippen molar-refractivity contribution >= 4 is 17.4 Å². The van der Waals surface area contributed by atoms with Crippen molar-refractivity contribution in [2.24, 2.45) is 0 Å². The molecule has 0 spiro atoms. The molecule has 7 nitrogen and oxygen atoms in total. The third kappa shape index (κ3) is 4.95. The fourth-order valence-corrected chi connectivity index (χ4v) is 5.60. The van der Waals surface area contributed by atoms with Crippen LogP contribution in [0.1, 0.15) is 85.7 Å². The number of nitrogens with zero attached hydrogens (tertiary/aromatic N) is 3. The van der Waals surface area contributed by atoms with E-state index in [1.165, 1.54) is 17.7 Å². The Hall–Kier alpha value is -3.58. The molecular weight excluding hydrogens is 474 g/mol. The van der Waals surface area contributed by atoms with E-state index in [1.807, 2.05) is 24.3 Å². The molecular formula is C31H41N5O2. The van der Waals surface area contributed by atoms with Gasteiger partial charge in [0.2, 0.25) is 0 Å². The van der Waals surface area contributed by atoms with Crippen LogP contribution in [0.15, 0.2) is 61.2 Å². The number of rotatable bonds is 9. The fraction of sp³-hybridized carbons (Fsp3) is 0.419. The first kappa shape index (κ1) is 27.5. The zero-order valence-electron chi connectivity index (χ0n) is 23.8. The van der Waals surface area contributed by atoms with E-state index < -0.39 is 0 Å². The van der Waals surface area contributed by atoms with Gasteiger partial charge in [0, 0.05) is 18.3 Å². The van der Waals surface area contributed by atoms with Crippen LogP contribution >= 0.6 is 0 Å². The maximum atomic E-state index is 12.5. The molecule has 4 rings (SSSR count). The molecule has 1 aromatic heterocycles. The summed E-state index contributed by atoms with van der Waals surface area (Å²) in [5.74, 6) is 0.813. The molecule has 2 heterocycles. The first-order chi connectivity index (χ1) is 18.1. The van der Waals surface area contributed by atoms with Gasteiger partial charge in [0.15, 0.2) is 0 Å². The van der Waals surface area contributed by atoms with Crippen molar-refractivity contribution in [3.8, 4) is 0 Å². The number of hydrogen-bond donors (Lipinski definition) is 2. The molecule has 0 saturated carbocycles. The van der Waals surface area contributed by atoms with Crippen LogP contribution in [-0.2, 0) is 15.9 Å². The predicted octanol–water partition coefficient (Wildman–Crippen LogP) is 6.39. The molecule has 1 aliphatic heterocycles. The predicted molar refractivity (Wildman–Crippen MR) is 154 cm³/mol. The topological polar surface area (TPSA) is 71.4 Å². The number of nitrogens with one attached hydrogen (secondary N) is 2. The first-order valence-electron chi connectivity index (χ1n) is 13.4. The van der Waals surface area contributed by atoms with Crippen LogP contribution in [-0.4, -0.2) is 34.9 Å². The summed E-state index contributed by atoms with van der Waals surface area (Å²) < 4.78 is 2.12. The number of fused-ring (bicyclic) bond motifs is 1. The van der Waals surface area contributed by atoms with Crippen LogP contribution in [0.2, 0.25) is 0 Å². The summed E-state index contributed by atoms with van der Waals surface area (Å²) in [6.07, 6.45) is 2.63. The van der Waals surface area contributed by atoms with E-state index in [0.29, 0.717) is 5.56 Å². The van der Waals surface area contributed by atoms with Crippen molar-refractivity contribution < 1.29 is 9.63 Å². The van der Waals surface area contributed by atoms with E-state index in [0.717, 1.165) is 47.6 Å². The molecule has 1 atom stereocenters. The molecule has 0 saturated heterocycles. The molecule has 3 aromatic rings. The number of aromatic nitrogens is 2. The second-order valence-electron chi connectivity index (χ2n) is 10.8. The SMILES string of the molecule is C=C(NC(CC)(CC)c1ccc(C(=O)N(C)OC)cc1)c1c(C)nn2c1NC(c1ccccc1)CC2(C)C. The lowest BCUT2D eigenvalue weighted by Gasteiger charge is -2.39. The third-order valence-corrected chi connectivity index (χ3v) is 7.99. The number of anilines is 1. The Kier molecular flexibility index (Phi) is 7.70. The number of hydroxylamine groups is 2. The third-order valence-electron chi connectivity index (χ3n) is 7.99. The zero-order valence-corrected chi connectivity index (χ0v) is 23.8. The van der Waals surface area contributed by atoms with Gasteiger partial charge in [-0.15, -0.1) is 0 Å². The number of aryl methyl sites for hydroxylation is 1. The van der Waals surface area contributed by atoms with Crippen molar-refractivity contribution in [3.63, 3.8) is 0 Å². The normalized spacial score (nSPS) is 16.3. The maximum Gasteiger partial charge on any atom is 0.277 e. The number of benzene rings is 2. The van der Waals surface area contributed by atoms with Crippen molar-refractivity contribution in [2.45, 2.75) is 71.0 Å². The van der Waals surface area contributed by atoms with Crippen molar-refractivity contribution in [1.29, 1.82) is 0 Å². The Bertz CT molecular complexity index is 1290. The smallest absolute Gasteiger partial charge is 0.277 e. The molecule has 2 N–H and O–H groups in total. The highest BCUT2D eigenvalue weighted by atomic mass is 16.7. The molecule has 2 aromatic carbocycles. The summed E-state index contributed by atoms with van der Waals surface area (Å²) in [5.41, 5.74) is 5.23. The van der Waals surface area contributed by atoms with Crippen LogP contribution in [0, 0.1) is 6.92 Å². The largest absolute Gasteiger partial charge is 0.375 e. The molecule has 0 bridgehead atoms. The lowest BCUT2D eigenvalue weighted by Crippen LogP contribution is -2.41. The Morgan fingerprint density at radius 3 is 2.39 bits per heavy atom. The van der Waals surface area contributed by atoms with Gasteiger partial charge in [0.1, 0.15) is 5.82 Å². The second-order valence-corrected chi connectivity index (χ2v) is 10.8. The van der Waals surface area contributed by atoms with E-state index in [4.69, 9.17) is 9.94 Å². The van der Waals surface area contributed by atoms with Crippen LogP contribution in [0.4, 0.5) is 5.82 Å². The number of hydrogen-bond acceptors (Lipinski definition) is 5. The van der Waals surface area contributed by atoms with Gasteiger partial charge in [-0.05, 0) is 63.3 Å². The van der Waals surface area contributed by atoms with Crippen LogP contribution in [0.25, 0.3) is 5.70 Å². The highest BCUT2D eigenvalue weighted by Crippen LogP contribution is 2.43. The molecule has 1 amide bonds. The van der Waals surface area contributed by atoms with E-state index >= 15 is 0 Å². The average molecular weight is 516 g/mol. The van der Waals surface area contributed by atoms with Crippen LogP contribution in [0.5, 0.6) is 0 Å². The minimum Gasteiger partial charge on any atom is -0.375 e. The number of carbonyl (C=O) groups is 1. The van der Waals surface area contributed by atoms with Gasteiger partial charge in [0.05, 0.1) is 35.5 Å². The molecule has 38 heavy (non-hydrogen) atoms. The summed E-state index contributed by atoms with van der Waals surface area (Å²) in [4.78, 5) is 17.6. The summed E-state index contributed by atoms with van der Waals surface area (Å²) in [6, 6.07) is 18.5. The van der Waals surface area contributed by atoms with Gasteiger partial charge in [-0.3, -0.25) is 9.63 Å². The minimum absolute atomic E-state index is 0.158. The van der Waals surface area contributed by atoms with Crippen molar-refractivity contribution in [2.75, 3.05) is 19.5 Å². The van der Waals surface area contributed by atoms with Gasteiger partial charge in [-0.25, -0.2) is 9.75 Å². The highest BCUT2D eigenvalue weighted by Gasteiger charge is 2.38. The Morgan fingerprint density at radius 1 is 1.18 bits per heavy atom. The fourth-order valence-electron chi connectivity index (χ4n) is 5.60. The minimum atomic E-state index is -0.351. The average Bonchev–Trinajstić information content (AvgIpc) is 3.28. The van der Waals surface area contributed by atoms with Crippen LogP contribution in [0.3, 0.4) is 0 Å². The number of carbonyl (C=O) groups excluding carboxylic acids is 1. The van der Waals surface area contributed by atoms with E-state index in [2.05, 4.69) is 86.8 Å². The van der Waals surface area contributed by atoms with Crippen LogP contribution < -0.4 is 10.6 Å². The Balaban J connectivity index is 1.67. The molecule has 202 valence electrons. The van der Waals surface area contributed by atoms with Gasteiger partial charge in [-0.1, -0.05) is 62.9 Å². The zero-order chi connectivity index (χ0) is 27.7. The monoisotopic (exact) mass is 515 g/mol. The maximum absolute atomic E-state index is 12.5. The summed E-state index contributed by atoms with van der Waals surface area (Å²) in [5, 5.41) is 13.8. The second kappa shape index (κ2) is 10.7. The first-order valence-corrected chi connectivity index (χ1v) is 13.4. The molecule has 0 radical (unpaired) electrons. The summed E-state index contributed by atoms with van der Waals surface area (Å²) in [7, 11) is 3.09. The Labute approximate surface area is 226 Å². The quantitative estimate of drug-likeness (QED) is 0.323. The van der Waals surface area contributed by atoms with Gasteiger partial charge < -0.3 is 10.6 Å². The molecule has 0 aliphatic carbocycles. The van der Waals surface area contributed by atoms with E-state index in [1.54, 1.807) is 7.05 Å². The van der Waals surface area contributed by atoms with Gasteiger partial charge in [-0.2, -0.15) is 5.10 Å². The molecule has 1 unspecified atom stereocenters. The van der Waals surface area contributed by atoms with Crippen molar-refractivity contribution in [1.82, 2.24) is 20.2 Å². The summed E-state index contributed by atoms with van der Waals surface area (Å²) >= 11 is 0. The molecule has 0 fully saturated rings. The standard InChI is InChI=1S/C31H41N5O2/c1-9-31(10-2,25-18-16-24(17-19-25)29(37)35(7)38-8)33-21(3)27-22(4)34-36-28(27)32-26(20-30(36,5)6)23-14-12-11-13-15-23/h11-19,26,32-33H,3,9-10,20H2,1-2,4-8H3. The van der Waals surface area contributed by atoms with E-state index in [9.17, 15) is 4.79 Å². The van der Waals surface area contributed by atoms with Crippen molar-refractivity contribution in [3.05, 3.63) is 89.1 Å². The molecule has 1 aliphatic rings. The number of amides is 1. The van der Waals surface area contributed by atoms with Gasteiger partial charge in [0.25, 0.3) is 5.91 Å². The Morgan fingerprint density at radius 2 is 1.82 bits per heavy atom. The summed E-state index contributed by atoms with van der Waals surface area (Å²) in [6.45, 7) is 15.4. The lowest BCUT2D eigenvalue weighted by atomic mass is 9.83. The highest BCUT2D eigenvalue weighted by molar-refractivity contribution is 5.93. The molecule has 7 heteroatoms. The lowest BCUT2D eigenvalue weighted by molar-refractivity contribution is -0.0757. The van der Waals surface area contributed by atoms with E-state index in [-0.39, 0.29) is 23.0 Å². The van der Waals surface area contributed by atoms with Gasteiger partial charge >= 0.3 is 0 Å².